The maximum atomic E-state index is 9.79. The Labute approximate surface area is 209 Å². The predicted octanol–water partition coefficient (Wildman–Crippen LogP) is 4.42. The minimum Gasteiger partial charge on any atom is -0.493 e. The van der Waals surface area contributed by atoms with Gasteiger partial charge in [0.15, 0.2) is 11.5 Å². The standard InChI is InChI=1S/C27H29N5O4/c1-34-22-13-18(14-23(35-2)25(22)36-3)17-10-11-24(28-15-17)30-26-20-8-4-5-9-21(20)29-27(31-26)32-12-6-7-19(32)16-33/h4-5,8-11,13-15,19,33H,6-7,12,16H2,1-3H3,(H,28,29,30,31). The number of aromatic nitrogens is 3. The van der Waals surface area contributed by atoms with E-state index in [1.807, 2.05) is 48.5 Å². The molecule has 9 nitrogen and oxygen atoms in total. The molecular formula is C27H29N5O4. The Morgan fingerprint density at radius 3 is 2.42 bits per heavy atom. The zero-order valence-corrected chi connectivity index (χ0v) is 20.6. The molecule has 9 heteroatoms. The largest absolute Gasteiger partial charge is 0.493 e. The number of ether oxygens (including phenoxy) is 3. The highest BCUT2D eigenvalue weighted by atomic mass is 16.5. The van der Waals surface area contributed by atoms with Gasteiger partial charge < -0.3 is 29.5 Å². The quantitative estimate of drug-likeness (QED) is 0.374. The first-order chi connectivity index (χ1) is 17.6. The number of benzene rings is 2. The number of fused-ring (bicyclic) bond motifs is 1. The van der Waals surface area contributed by atoms with Crippen LogP contribution >= 0.6 is 0 Å². The minimum atomic E-state index is 0.0369. The molecule has 1 fully saturated rings. The van der Waals surface area contributed by atoms with Gasteiger partial charge in [-0.1, -0.05) is 12.1 Å². The molecule has 2 aromatic carbocycles. The predicted molar refractivity (Wildman–Crippen MR) is 140 cm³/mol. The first-order valence-electron chi connectivity index (χ1n) is 11.8. The van der Waals surface area contributed by atoms with Crippen molar-refractivity contribution in [2.75, 3.05) is 44.7 Å². The zero-order valence-electron chi connectivity index (χ0n) is 20.6. The molecule has 1 saturated heterocycles. The lowest BCUT2D eigenvalue weighted by Crippen LogP contribution is -2.33. The number of para-hydroxylation sites is 1. The summed E-state index contributed by atoms with van der Waals surface area (Å²) in [5.41, 5.74) is 2.63. The monoisotopic (exact) mass is 487 g/mol. The Hall–Kier alpha value is -4.11. The molecule has 3 heterocycles. The van der Waals surface area contributed by atoms with E-state index in [9.17, 15) is 5.11 Å². The van der Waals surface area contributed by atoms with E-state index in [1.165, 1.54) is 0 Å². The zero-order chi connectivity index (χ0) is 25.1. The van der Waals surface area contributed by atoms with Gasteiger partial charge in [-0.25, -0.2) is 9.97 Å². The number of rotatable bonds is 8. The second kappa shape index (κ2) is 10.2. The molecule has 2 aromatic heterocycles. The van der Waals surface area contributed by atoms with Gasteiger partial charge in [0, 0.05) is 23.7 Å². The summed E-state index contributed by atoms with van der Waals surface area (Å²) in [7, 11) is 4.77. The average molecular weight is 488 g/mol. The summed E-state index contributed by atoms with van der Waals surface area (Å²) in [6, 6.07) is 15.6. The van der Waals surface area contributed by atoms with E-state index in [0.29, 0.717) is 34.8 Å². The first kappa shape index (κ1) is 23.6. The van der Waals surface area contributed by atoms with Crippen molar-refractivity contribution in [3.63, 3.8) is 0 Å². The van der Waals surface area contributed by atoms with Gasteiger partial charge in [-0.05, 0) is 54.8 Å². The molecule has 0 radical (unpaired) electrons. The maximum absolute atomic E-state index is 9.79. The number of nitrogens with zero attached hydrogens (tertiary/aromatic N) is 4. The van der Waals surface area contributed by atoms with Crippen LogP contribution in [0.2, 0.25) is 0 Å². The van der Waals surface area contributed by atoms with Crippen molar-refractivity contribution < 1.29 is 19.3 Å². The smallest absolute Gasteiger partial charge is 0.228 e. The second-order valence-corrected chi connectivity index (χ2v) is 8.53. The van der Waals surface area contributed by atoms with Crippen LogP contribution in [0.3, 0.4) is 0 Å². The highest BCUT2D eigenvalue weighted by molar-refractivity contribution is 5.91. The van der Waals surface area contributed by atoms with Crippen LogP contribution < -0.4 is 24.4 Å². The molecular weight excluding hydrogens is 458 g/mol. The van der Waals surface area contributed by atoms with Crippen LogP contribution in [0.25, 0.3) is 22.0 Å². The summed E-state index contributed by atoms with van der Waals surface area (Å²) >= 11 is 0. The molecule has 0 saturated carbocycles. The van der Waals surface area contributed by atoms with Crippen molar-refractivity contribution in [2.45, 2.75) is 18.9 Å². The van der Waals surface area contributed by atoms with Crippen LogP contribution in [-0.2, 0) is 0 Å². The van der Waals surface area contributed by atoms with E-state index in [2.05, 4.69) is 15.2 Å². The van der Waals surface area contributed by atoms with Crippen molar-refractivity contribution in [3.8, 4) is 28.4 Å². The van der Waals surface area contributed by atoms with Gasteiger partial charge in [0.2, 0.25) is 11.7 Å². The number of hydrogen-bond acceptors (Lipinski definition) is 9. The van der Waals surface area contributed by atoms with Crippen LogP contribution in [0.4, 0.5) is 17.6 Å². The fraction of sp³-hybridized carbons (Fsp3) is 0.296. The number of methoxy groups -OCH3 is 3. The lowest BCUT2D eigenvalue weighted by atomic mass is 10.1. The highest BCUT2D eigenvalue weighted by Crippen LogP contribution is 2.41. The van der Waals surface area contributed by atoms with Crippen molar-refractivity contribution in [3.05, 3.63) is 54.7 Å². The number of aliphatic hydroxyl groups is 1. The summed E-state index contributed by atoms with van der Waals surface area (Å²) < 4.78 is 16.4. The Kier molecular flexibility index (Phi) is 6.73. The van der Waals surface area contributed by atoms with Crippen LogP contribution in [0.5, 0.6) is 17.2 Å². The number of nitrogens with one attached hydrogen (secondary N) is 1. The summed E-state index contributed by atoms with van der Waals surface area (Å²) in [6.07, 6.45) is 3.73. The van der Waals surface area contributed by atoms with Gasteiger partial charge in [-0.15, -0.1) is 0 Å². The molecule has 2 N–H and O–H groups in total. The molecule has 4 aromatic rings. The molecule has 0 amide bonds. The van der Waals surface area contributed by atoms with Crippen molar-refractivity contribution in [2.24, 2.45) is 0 Å². The van der Waals surface area contributed by atoms with Crippen LogP contribution in [-0.4, -0.2) is 60.6 Å². The van der Waals surface area contributed by atoms with Crippen LogP contribution in [0.1, 0.15) is 12.8 Å². The van der Waals surface area contributed by atoms with Crippen LogP contribution in [0.15, 0.2) is 54.7 Å². The van der Waals surface area contributed by atoms with E-state index in [4.69, 9.17) is 24.2 Å². The summed E-state index contributed by atoms with van der Waals surface area (Å²) in [6.45, 7) is 0.910. The molecule has 0 bridgehead atoms. The molecule has 36 heavy (non-hydrogen) atoms. The van der Waals surface area contributed by atoms with Gasteiger partial charge in [0.25, 0.3) is 0 Å². The summed E-state index contributed by atoms with van der Waals surface area (Å²) in [5.74, 6) is 3.65. The van der Waals surface area contributed by atoms with Crippen molar-refractivity contribution in [1.82, 2.24) is 15.0 Å². The first-order valence-corrected chi connectivity index (χ1v) is 11.8. The third-order valence-corrected chi connectivity index (χ3v) is 6.44. The Morgan fingerprint density at radius 1 is 0.972 bits per heavy atom. The molecule has 186 valence electrons. The SMILES string of the molecule is COc1cc(-c2ccc(Nc3nc(N4CCCC4CO)nc4ccccc34)nc2)cc(OC)c1OC. The Morgan fingerprint density at radius 2 is 1.75 bits per heavy atom. The average Bonchev–Trinajstić information content (AvgIpc) is 3.41. The van der Waals surface area contributed by atoms with Gasteiger partial charge >= 0.3 is 0 Å². The molecule has 0 spiro atoms. The lowest BCUT2D eigenvalue weighted by Gasteiger charge is -2.24. The fourth-order valence-corrected chi connectivity index (χ4v) is 4.58. The van der Waals surface area contributed by atoms with E-state index < -0.39 is 0 Å². The molecule has 1 aliphatic heterocycles. The summed E-state index contributed by atoms with van der Waals surface area (Å²) in [5, 5.41) is 14.0. The normalized spacial score (nSPS) is 15.2. The number of aliphatic hydroxyl groups excluding tert-OH is 1. The molecule has 1 aliphatic rings. The van der Waals surface area contributed by atoms with E-state index in [1.54, 1.807) is 27.5 Å². The van der Waals surface area contributed by atoms with Gasteiger partial charge in [0.1, 0.15) is 11.6 Å². The van der Waals surface area contributed by atoms with Gasteiger partial charge in [-0.2, -0.15) is 4.98 Å². The number of pyridine rings is 1. The molecule has 1 unspecified atom stereocenters. The minimum absolute atomic E-state index is 0.0369. The maximum Gasteiger partial charge on any atom is 0.228 e. The lowest BCUT2D eigenvalue weighted by molar-refractivity contribution is 0.265. The van der Waals surface area contributed by atoms with E-state index in [-0.39, 0.29) is 12.6 Å². The Bertz CT molecular complexity index is 1340. The van der Waals surface area contributed by atoms with E-state index in [0.717, 1.165) is 41.4 Å². The van der Waals surface area contributed by atoms with Gasteiger partial charge in [0.05, 0.1) is 39.5 Å². The topological polar surface area (TPSA) is 102 Å². The Balaban J connectivity index is 1.47. The number of anilines is 3. The van der Waals surface area contributed by atoms with Crippen molar-refractivity contribution in [1.29, 1.82) is 0 Å². The fourth-order valence-electron chi connectivity index (χ4n) is 4.58. The molecule has 5 rings (SSSR count). The van der Waals surface area contributed by atoms with Gasteiger partial charge in [-0.3, -0.25) is 0 Å². The second-order valence-electron chi connectivity index (χ2n) is 8.53. The van der Waals surface area contributed by atoms with E-state index >= 15 is 0 Å². The number of hydrogen-bond donors (Lipinski definition) is 2. The van der Waals surface area contributed by atoms with Crippen LogP contribution in [0, 0.1) is 0 Å². The highest BCUT2D eigenvalue weighted by Gasteiger charge is 2.27. The molecule has 1 atom stereocenters. The third-order valence-electron chi connectivity index (χ3n) is 6.44. The molecule has 0 aliphatic carbocycles. The third kappa shape index (κ3) is 4.45. The van der Waals surface area contributed by atoms with Crippen molar-refractivity contribution >= 4 is 28.5 Å². The summed E-state index contributed by atoms with van der Waals surface area (Å²) in [4.78, 5) is 16.3.